The van der Waals surface area contributed by atoms with E-state index in [1.54, 1.807) is 0 Å². The molecule has 0 bridgehead atoms. The molecule has 0 aliphatic carbocycles. The molecule has 0 heterocycles. The summed E-state index contributed by atoms with van der Waals surface area (Å²) in [7, 11) is 0. The van der Waals surface area contributed by atoms with Gasteiger partial charge in [0, 0.05) is 10.0 Å². The van der Waals surface area contributed by atoms with Crippen molar-refractivity contribution >= 4 is 15.9 Å². The van der Waals surface area contributed by atoms with Crippen molar-refractivity contribution in [3.05, 3.63) is 69.4 Å². The van der Waals surface area contributed by atoms with Gasteiger partial charge in [-0.1, -0.05) is 41.1 Å². The van der Waals surface area contributed by atoms with Crippen molar-refractivity contribution in [2.24, 2.45) is 0 Å². The van der Waals surface area contributed by atoms with Crippen LogP contribution in [0.15, 0.2) is 40.9 Å². The van der Waals surface area contributed by atoms with Crippen LogP contribution in [-0.4, -0.2) is 6.54 Å². The maximum atomic E-state index is 14.1. The zero-order valence-corrected chi connectivity index (χ0v) is 13.1. The lowest BCUT2D eigenvalue weighted by atomic mass is 9.97. The maximum absolute atomic E-state index is 14.1. The first-order valence-electron chi connectivity index (χ1n) is 6.66. The molecule has 112 valence electrons. The van der Waals surface area contributed by atoms with Crippen molar-refractivity contribution in [2.75, 3.05) is 6.54 Å². The van der Waals surface area contributed by atoms with Gasteiger partial charge in [-0.3, -0.25) is 0 Å². The van der Waals surface area contributed by atoms with E-state index in [0.717, 1.165) is 22.5 Å². The molecule has 0 saturated heterocycles. The van der Waals surface area contributed by atoms with Crippen LogP contribution in [0.4, 0.5) is 13.2 Å². The van der Waals surface area contributed by atoms with Gasteiger partial charge in [-0.2, -0.15) is 0 Å². The molecule has 5 heteroatoms. The second-order valence-corrected chi connectivity index (χ2v) is 5.62. The minimum absolute atomic E-state index is 0.0976. The fourth-order valence-corrected chi connectivity index (χ4v) is 2.56. The van der Waals surface area contributed by atoms with E-state index >= 15 is 0 Å². The predicted molar refractivity (Wildman–Crippen MR) is 80.6 cm³/mol. The lowest BCUT2D eigenvalue weighted by molar-refractivity contribution is 0.432. The molecule has 2 aromatic carbocycles. The summed E-state index contributed by atoms with van der Waals surface area (Å²) in [6, 6.07) is 9.01. The first kappa shape index (κ1) is 16.0. The highest BCUT2D eigenvalue weighted by Gasteiger charge is 2.22. The van der Waals surface area contributed by atoms with E-state index in [1.165, 1.54) is 6.07 Å². The second-order valence-electron chi connectivity index (χ2n) is 4.71. The molecule has 1 atom stereocenters. The molecule has 0 fully saturated rings. The fourth-order valence-electron chi connectivity index (χ4n) is 2.15. The molecule has 2 aromatic rings. The van der Waals surface area contributed by atoms with Crippen LogP contribution in [0.5, 0.6) is 0 Å². The van der Waals surface area contributed by atoms with Crippen molar-refractivity contribution in [2.45, 2.75) is 19.4 Å². The van der Waals surface area contributed by atoms with Crippen LogP contribution in [-0.2, 0) is 0 Å². The Balaban J connectivity index is 2.48. The molecule has 1 N–H and O–H groups in total. The van der Waals surface area contributed by atoms with Crippen molar-refractivity contribution in [1.29, 1.82) is 0 Å². The SMILES string of the molecule is CCCNC(c1cccc(Br)c1)c1ccc(F)c(F)c1F. The van der Waals surface area contributed by atoms with E-state index in [0.29, 0.717) is 6.54 Å². The Morgan fingerprint density at radius 2 is 1.86 bits per heavy atom. The van der Waals surface area contributed by atoms with Gasteiger partial charge in [0.25, 0.3) is 0 Å². The molecule has 0 aromatic heterocycles. The van der Waals surface area contributed by atoms with E-state index in [2.05, 4.69) is 21.2 Å². The van der Waals surface area contributed by atoms with Crippen LogP contribution >= 0.6 is 15.9 Å². The molecule has 0 saturated carbocycles. The smallest absolute Gasteiger partial charge is 0.194 e. The lowest BCUT2D eigenvalue weighted by Gasteiger charge is -2.20. The quantitative estimate of drug-likeness (QED) is 0.746. The van der Waals surface area contributed by atoms with Crippen molar-refractivity contribution in [1.82, 2.24) is 5.32 Å². The minimum Gasteiger partial charge on any atom is -0.306 e. The first-order valence-corrected chi connectivity index (χ1v) is 7.46. The summed E-state index contributed by atoms with van der Waals surface area (Å²) in [5, 5.41) is 3.17. The van der Waals surface area contributed by atoms with E-state index in [-0.39, 0.29) is 5.56 Å². The molecule has 0 aliphatic heterocycles. The maximum Gasteiger partial charge on any atom is 0.194 e. The van der Waals surface area contributed by atoms with Gasteiger partial charge in [-0.15, -0.1) is 0 Å². The third-order valence-corrected chi connectivity index (χ3v) is 3.65. The van der Waals surface area contributed by atoms with Crippen LogP contribution in [0.2, 0.25) is 0 Å². The van der Waals surface area contributed by atoms with Crippen molar-refractivity contribution < 1.29 is 13.2 Å². The predicted octanol–water partition coefficient (Wildman–Crippen LogP) is 4.96. The number of nitrogens with one attached hydrogen (secondary N) is 1. The molecular formula is C16H15BrF3N. The van der Waals surface area contributed by atoms with Crippen LogP contribution in [0.3, 0.4) is 0 Å². The van der Waals surface area contributed by atoms with Crippen LogP contribution in [0, 0.1) is 17.5 Å². The fraction of sp³-hybridized carbons (Fsp3) is 0.250. The Morgan fingerprint density at radius 1 is 1.10 bits per heavy atom. The van der Waals surface area contributed by atoms with Gasteiger partial charge in [0.2, 0.25) is 0 Å². The zero-order valence-electron chi connectivity index (χ0n) is 11.5. The van der Waals surface area contributed by atoms with Gasteiger partial charge in [0.1, 0.15) is 0 Å². The lowest BCUT2D eigenvalue weighted by Crippen LogP contribution is -2.24. The van der Waals surface area contributed by atoms with Crippen LogP contribution in [0.25, 0.3) is 0 Å². The van der Waals surface area contributed by atoms with Gasteiger partial charge >= 0.3 is 0 Å². The van der Waals surface area contributed by atoms with E-state index in [4.69, 9.17) is 0 Å². The van der Waals surface area contributed by atoms with Gasteiger partial charge in [0.15, 0.2) is 17.5 Å². The molecular weight excluding hydrogens is 343 g/mol. The number of hydrogen-bond acceptors (Lipinski definition) is 1. The Bertz CT molecular complexity index is 631. The second kappa shape index (κ2) is 7.09. The Kier molecular flexibility index (Phi) is 5.42. The molecule has 0 spiro atoms. The third kappa shape index (κ3) is 3.66. The summed E-state index contributed by atoms with van der Waals surface area (Å²) >= 11 is 3.36. The average molecular weight is 358 g/mol. The molecule has 1 nitrogen and oxygen atoms in total. The molecule has 21 heavy (non-hydrogen) atoms. The zero-order chi connectivity index (χ0) is 15.4. The van der Waals surface area contributed by atoms with E-state index < -0.39 is 23.5 Å². The minimum atomic E-state index is -1.44. The van der Waals surface area contributed by atoms with Crippen LogP contribution in [0.1, 0.15) is 30.5 Å². The Morgan fingerprint density at radius 3 is 2.52 bits per heavy atom. The van der Waals surface area contributed by atoms with E-state index in [9.17, 15) is 13.2 Å². The molecule has 0 aliphatic rings. The van der Waals surface area contributed by atoms with Gasteiger partial charge in [0.05, 0.1) is 6.04 Å². The topological polar surface area (TPSA) is 12.0 Å². The summed E-state index contributed by atoms with van der Waals surface area (Å²) in [4.78, 5) is 0. The average Bonchev–Trinajstić information content (AvgIpc) is 2.47. The standard InChI is InChI=1S/C16H15BrF3N/c1-2-8-21-16(10-4-3-5-11(17)9-10)12-6-7-13(18)15(20)14(12)19/h3-7,9,16,21H,2,8H2,1H3. The summed E-state index contributed by atoms with van der Waals surface area (Å²) in [5.74, 6) is -3.77. The summed E-state index contributed by atoms with van der Waals surface area (Å²) < 4.78 is 41.5. The highest BCUT2D eigenvalue weighted by molar-refractivity contribution is 9.10. The van der Waals surface area contributed by atoms with E-state index in [1.807, 2.05) is 31.2 Å². The van der Waals surface area contributed by atoms with Gasteiger partial charge < -0.3 is 5.32 Å². The highest BCUT2D eigenvalue weighted by Crippen LogP contribution is 2.28. The summed E-state index contributed by atoms with van der Waals surface area (Å²) in [6.07, 6.45) is 0.843. The van der Waals surface area contributed by atoms with Crippen LogP contribution < -0.4 is 5.32 Å². The monoisotopic (exact) mass is 357 g/mol. The Hall–Kier alpha value is -1.33. The number of rotatable bonds is 5. The number of halogens is 4. The summed E-state index contributed by atoms with van der Waals surface area (Å²) in [6.45, 7) is 2.61. The summed E-state index contributed by atoms with van der Waals surface area (Å²) in [5.41, 5.74) is 0.878. The van der Waals surface area contributed by atoms with Crippen molar-refractivity contribution in [3.63, 3.8) is 0 Å². The first-order chi connectivity index (χ1) is 10.0. The Labute approximate surface area is 130 Å². The van der Waals surface area contributed by atoms with Crippen molar-refractivity contribution in [3.8, 4) is 0 Å². The molecule has 0 amide bonds. The largest absolute Gasteiger partial charge is 0.306 e. The number of hydrogen-bond donors (Lipinski definition) is 1. The van der Waals surface area contributed by atoms with Gasteiger partial charge in [-0.05, 0) is 36.7 Å². The highest BCUT2D eigenvalue weighted by atomic mass is 79.9. The number of benzene rings is 2. The van der Waals surface area contributed by atoms with Gasteiger partial charge in [-0.25, -0.2) is 13.2 Å². The third-order valence-electron chi connectivity index (χ3n) is 3.16. The molecule has 2 rings (SSSR count). The molecule has 0 radical (unpaired) electrons. The molecule has 1 unspecified atom stereocenters. The normalized spacial score (nSPS) is 12.4.